The maximum absolute atomic E-state index is 12.1. The van der Waals surface area contributed by atoms with E-state index in [0.717, 1.165) is 53.6 Å². The van der Waals surface area contributed by atoms with Gasteiger partial charge in [-0.15, -0.1) is 0 Å². The summed E-state index contributed by atoms with van der Waals surface area (Å²) < 4.78 is 27.4. The van der Waals surface area contributed by atoms with E-state index >= 15 is 0 Å². The molecule has 0 saturated heterocycles. The van der Waals surface area contributed by atoms with Crippen molar-refractivity contribution in [3.8, 4) is 5.75 Å². The lowest BCUT2D eigenvalue weighted by molar-refractivity contribution is 0.0643. The van der Waals surface area contributed by atoms with Crippen molar-refractivity contribution in [2.75, 3.05) is 4.31 Å². The van der Waals surface area contributed by atoms with E-state index in [1.807, 2.05) is 12.1 Å². The number of hydrogen-bond acceptors (Lipinski definition) is 4. The van der Waals surface area contributed by atoms with Crippen LogP contribution in [0.2, 0.25) is 0 Å². The van der Waals surface area contributed by atoms with E-state index in [4.69, 9.17) is 0 Å². The Morgan fingerprint density at radius 3 is 2.68 bits per heavy atom. The molecule has 2 aromatic carbocycles. The molecule has 1 heterocycles. The highest BCUT2D eigenvalue weighted by Crippen LogP contribution is 2.35. The second-order valence-corrected chi connectivity index (χ2v) is 9.34. The molecule has 1 aliphatic heterocycles. The summed E-state index contributed by atoms with van der Waals surface area (Å²) in [7, 11) is -3.68. The first-order valence-corrected chi connectivity index (χ1v) is 11.3. The highest BCUT2D eigenvalue weighted by Gasteiger charge is 2.26. The minimum Gasteiger partial charge on any atom is -0.506 e. The molecule has 0 amide bonds. The van der Waals surface area contributed by atoms with Crippen molar-refractivity contribution in [1.29, 1.82) is 0 Å². The van der Waals surface area contributed by atoms with Crippen LogP contribution < -0.4 is 9.03 Å². The number of nitrogens with zero attached hydrogens (tertiary/aromatic N) is 1. The largest absolute Gasteiger partial charge is 0.506 e. The summed E-state index contributed by atoms with van der Waals surface area (Å²) in [5.41, 5.74) is 1.41. The zero-order valence-electron chi connectivity index (χ0n) is 15.7. The first-order chi connectivity index (χ1) is 13.4. The maximum Gasteiger partial charge on any atom is 0.327 e. The third kappa shape index (κ3) is 3.82. The number of hydrogen-bond donors (Lipinski definition) is 3. The Bertz CT molecular complexity index is 1000. The number of anilines is 1. The summed E-state index contributed by atoms with van der Waals surface area (Å²) in [6.45, 7) is 0. The molecular weight excluding hydrogens is 376 g/mol. The van der Waals surface area contributed by atoms with Crippen molar-refractivity contribution < 1.29 is 18.6 Å². The summed E-state index contributed by atoms with van der Waals surface area (Å²) in [4.78, 5) is 0. The molecule has 2 atom stereocenters. The summed E-state index contributed by atoms with van der Waals surface area (Å²) in [6.07, 6.45) is 9.92. The quantitative estimate of drug-likeness (QED) is 0.713. The zero-order valence-corrected chi connectivity index (χ0v) is 16.5. The second kappa shape index (κ2) is 7.64. The van der Waals surface area contributed by atoms with E-state index in [1.165, 1.54) is 24.4 Å². The summed E-state index contributed by atoms with van der Waals surface area (Å²) in [5.74, 6) is 0.334. The molecule has 2 aliphatic rings. The van der Waals surface area contributed by atoms with E-state index < -0.39 is 10.2 Å². The summed E-state index contributed by atoms with van der Waals surface area (Å²) >= 11 is 0. The molecule has 0 aromatic heterocycles. The Morgan fingerprint density at radius 2 is 1.93 bits per heavy atom. The molecule has 0 radical (unpaired) electrons. The minimum absolute atomic E-state index is 0.0801. The highest BCUT2D eigenvalue weighted by molar-refractivity contribution is 7.91. The van der Waals surface area contributed by atoms with Gasteiger partial charge in [-0.3, -0.25) is 4.72 Å². The molecule has 2 aromatic rings. The van der Waals surface area contributed by atoms with Crippen LogP contribution in [-0.2, 0) is 16.6 Å². The van der Waals surface area contributed by atoms with Crippen LogP contribution in [0.25, 0.3) is 10.8 Å². The van der Waals surface area contributed by atoms with Crippen molar-refractivity contribution in [3.05, 3.63) is 48.3 Å². The van der Waals surface area contributed by atoms with Crippen molar-refractivity contribution in [2.24, 2.45) is 5.92 Å². The van der Waals surface area contributed by atoms with Crippen LogP contribution >= 0.6 is 0 Å². The lowest BCUT2D eigenvalue weighted by Gasteiger charge is -2.27. The van der Waals surface area contributed by atoms with Crippen molar-refractivity contribution >= 4 is 26.7 Å². The van der Waals surface area contributed by atoms with Crippen molar-refractivity contribution in [2.45, 2.75) is 51.0 Å². The van der Waals surface area contributed by atoms with Crippen molar-refractivity contribution in [3.63, 3.8) is 0 Å². The molecule has 28 heavy (non-hydrogen) atoms. The van der Waals surface area contributed by atoms with Crippen LogP contribution in [0.1, 0.15) is 44.1 Å². The van der Waals surface area contributed by atoms with E-state index in [1.54, 1.807) is 12.1 Å². The molecule has 1 saturated carbocycles. The Kier molecular flexibility index (Phi) is 5.21. The number of aliphatic hydroxyl groups is 1. The van der Waals surface area contributed by atoms with E-state index in [0.29, 0.717) is 5.92 Å². The van der Waals surface area contributed by atoms with Crippen LogP contribution in [-0.4, -0.2) is 24.7 Å². The molecular formula is C21H26N2O4S. The number of rotatable bonds is 5. The number of phenolic OH excluding ortho intramolecular Hbond substituents is 1. The fourth-order valence-electron chi connectivity index (χ4n) is 4.28. The number of aryl methyl sites for hydroxylation is 1. The van der Waals surface area contributed by atoms with Gasteiger partial charge >= 0.3 is 10.2 Å². The SMILES string of the molecule is O=S1(=O)NC=CN1c1cc2cc(CCCC3CCCCC3O)ccc2cc1O. The van der Waals surface area contributed by atoms with Gasteiger partial charge in [-0.25, -0.2) is 4.31 Å². The van der Waals surface area contributed by atoms with Crippen molar-refractivity contribution in [1.82, 2.24) is 4.72 Å². The average Bonchev–Trinajstić information content (AvgIpc) is 3.02. The molecule has 2 unspecified atom stereocenters. The first-order valence-electron chi connectivity index (χ1n) is 9.86. The van der Waals surface area contributed by atoms with Gasteiger partial charge in [0, 0.05) is 12.4 Å². The normalized spacial score (nSPS) is 23.8. The predicted molar refractivity (Wildman–Crippen MR) is 110 cm³/mol. The monoisotopic (exact) mass is 402 g/mol. The van der Waals surface area contributed by atoms with Crippen LogP contribution in [0.3, 0.4) is 0 Å². The van der Waals surface area contributed by atoms with Gasteiger partial charge in [0.25, 0.3) is 0 Å². The third-order valence-electron chi connectivity index (χ3n) is 5.83. The number of fused-ring (bicyclic) bond motifs is 1. The lowest BCUT2D eigenvalue weighted by Crippen LogP contribution is -2.28. The predicted octanol–water partition coefficient (Wildman–Crippen LogP) is 3.54. The van der Waals surface area contributed by atoms with Gasteiger partial charge in [0.05, 0.1) is 6.10 Å². The summed E-state index contributed by atoms with van der Waals surface area (Å²) in [6, 6.07) is 9.35. The highest BCUT2D eigenvalue weighted by atomic mass is 32.2. The lowest BCUT2D eigenvalue weighted by atomic mass is 9.83. The molecule has 0 spiro atoms. The van der Waals surface area contributed by atoms with Gasteiger partial charge in [0.2, 0.25) is 0 Å². The number of phenols is 1. The minimum atomic E-state index is -3.68. The zero-order chi connectivity index (χ0) is 19.7. The summed E-state index contributed by atoms with van der Waals surface area (Å²) in [5, 5.41) is 22.2. The fourth-order valence-corrected chi connectivity index (χ4v) is 5.25. The maximum atomic E-state index is 12.1. The molecule has 1 fully saturated rings. The van der Waals surface area contributed by atoms with Crippen LogP contribution in [0.15, 0.2) is 42.7 Å². The molecule has 0 bridgehead atoms. The van der Waals surface area contributed by atoms with Gasteiger partial charge in [0.15, 0.2) is 0 Å². The van der Waals surface area contributed by atoms with Gasteiger partial charge in [-0.05, 0) is 66.5 Å². The molecule has 6 nitrogen and oxygen atoms in total. The molecule has 3 N–H and O–H groups in total. The fraction of sp³-hybridized carbons (Fsp3) is 0.429. The van der Waals surface area contributed by atoms with E-state index in [9.17, 15) is 18.6 Å². The Labute approximate surface area is 165 Å². The number of aromatic hydroxyl groups is 1. The Balaban J connectivity index is 1.51. The number of benzene rings is 2. The Morgan fingerprint density at radius 1 is 1.11 bits per heavy atom. The first kappa shape index (κ1) is 19.1. The molecule has 7 heteroatoms. The average molecular weight is 403 g/mol. The van der Waals surface area contributed by atoms with E-state index in [2.05, 4.69) is 10.8 Å². The molecule has 1 aliphatic carbocycles. The van der Waals surface area contributed by atoms with E-state index in [-0.39, 0.29) is 17.5 Å². The smallest absolute Gasteiger partial charge is 0.327 e. The topological polar surface area (TPSA) is 89.9 Å². The third-order valence-corrected chi connectivity index (χ3v) is 7.10. The molecule has 4 rings (SSSR count). The van der Waals surface area contributed by atoms with Crippen LogP contribution in [0.5, 0.6) is 5.75 Å². The van der Waals surface area contributed by atoms with Gasteiger partial charge in [-0.1, -0.05) is 31.0 Å². The second-order valence-electron chi connectivity index (χ2n) is 7.76. The standard InChI is InChI=1S/C21H26N2O4S/c24-20-7-2-1-5-16(20)6-3-4-15-8-9-17-14-21(25)19(13-18(17)12-15)23-11-10-22-28(23,26)27/h8-14,16,20,22,24-25H,1-7H2. The molecule has 150 valence electrons. The van der Waals surface area contributed by atoms with Gasteiger partial charge < -0.3 is 10.2 Å². The van der Waals surface area contributed by atoms with Crippen LogP contribution in [0, 0.1) is 5.92 Å². The van der Waals surface area contributed by atoms with Gasteiger partial charge in [0.1, 0.15) is 11.4 Å². The van der Waals surface area contributed by atoms with Crippen LogP contribution in [0.4, 0.5) is 5.69 Å². The number of aliphatic hydroxyl groups excluding tert-OH is 1. The number of nitrogens with one attached hydrogen (secondary N) is 1. The Hall–Kier alpha value is -2.25. The van der Waals surface area contributed by atoms with Gasteiger partial charge in [-0.2, -0.15) is 8.42 Å².